The maximum absolute atomic E-state index is 13.1. The van der Waals surface area contributed by atoms with E-state index >= 15 is 0 Å². The molecule has 3 heterocycles. The van der Waals surface area contributed by atoms with Crippen LogP contribution in [-0.4, -0.2) is 19.7 Å². The molecule has 5 nitrogen and oxygen atoms in total. The molecule has 1 atom stereocenters. The van der Waals surface area contributed by atoms with E-state index in [2.05, 4.69) is 23.1 Å². The molecule has 2 N–H and O–H groups in total. The number of benzene rings is 1. The van der Waals surface area contributed by atoms with Crippen LogP contribution in [-0.2, 0) is 6.67 Å². The quantitative estimate of drug-likeness (QED) is 0.465. The minimum absolute atomic E-state index is 0. The van der Waals surface area contributed by atoms with Crippen molar-refractivity contribution < 1.29 is 4.39 Å². The fourth-order valence-corrected chi connectivity index (χ4v) is 4.21. The number of nitrogens with two attached hydrogens (primary N) is 1. The molecule has 1 aromatic carbocycles. The highest BCUT2D eigenvalue weighted by Crippen LogP contribution is 2.48. The summed E-state index contributed by atoms with van der Waals surface area (Å²) in [7, 11) is 0. The lowest BCUT2D eigenvalue weighted by Crippen LogP contribution is -2.38. The van der Waals surface area contributed by atoms with Gasteiger partial charge in [0.15, 0.2) is 5.82 Å². The molecule has 0 amide bonds. The van der Waals surface area contributed by atoms with Crippen LogP contribution in [0.15, 0.2) is 60.8 Å². The monoisotopic (exact) mass is 435 g/mol. The molecule has 1 aliphatic carbocycles. The fourth-order valence-electron chi connectivity index (χ4n) is 4.21. The van der Waals surface area contributed by atoms with Crippen LogP contribution in [0.1, 0.15) is 43.6 Å². The SMILES string of the molecule is CC1([C@H](N)c2cccc(-c3ccc4cnn(-c5cccc(CF)n5)c4c3)n2)CCC1.S. The van der Waals surface area contributed by atoms with E-state index < -0.39 is 6.67 Å². The van der Waals surface area contributed by atoms with Crippen LogP contribution in [0.4, 0.5) is 4.39 Å². The van der Waals surface area contributed by atoms with Gasteiger partial charge in [-0.3, -0.25) is 4.98 Å². The van der Waals surface area contributed by atoms with Gasteiger partial charge in [0.1, 0.15) is 6.67 Å². The first kappa shape index (κ1) is 21.5. The van der Waals surface area contributed by atoms with Crippen LogP contribution in [0.25, 0.3) is 28.0 Å². The molecule has 0 radical (unpaired) electrons. The van der Waals surface area contributed by atoms with E-state index in [0.29, 0.717) is 11.5 Å². The summed E-state index contributed by atoms with van der Waals surface area (Å²) in [5, 5.41) is 5.45. The highest BCUT2D eigenvalue weighted by Gasteiger charge is 2.39. The molecule has 4 aromatic rings. The molecule has 0 saturated heterocycles. The lowest BCUT2D eigenvalue weighted by Gasteiger charge is -2.43. The molecule has 160 valence electrons. The Balaban J connectivity index is 0.00000231. The van der Waals surface area contributed by atoms with Crippen LogP contribution in [0.2, 0.25) is 0 Å². The summed E-state index contributed by atoms with van der Waals surface area (Å²) in [6, 6.07) is 17.4. The van der Waals surface area contributed by atoms with E-state index in [0.717, 1.165) is 40.7 Å². The smallest absolute Gasteiger partial charge is 0.154 e. The maximum Gasteiger partial charge on any atom is 0.154 e. The van der Waals surface area contributed by atoms with E-state index in [9.17, 15) is 4.39 Å². The second-order valence-corrected chi connectivity index (χ2v) is 8.38. The van der Waals surface area contributed by atoms with Gasteiger partial charge in [-0.15, -0.1) is 0 Å². The van der Waals surface area contributed by atoms with Crippen molar-refractivity contribution >= 4 is 24.4 Å². The predicted octanol–water partition coefficient (Wildman–Crippen LogP) is 5.25. The molecule has 0 bridgehead atoms. The third kappa shape index (κ3) is 3.83. The number of hydrogen-bond acceptors (Lipinski definition) is 4. The Morgan fingerprint density at radius 1 is 1.10 bits per heavy atom. The highest BCUT2D eigenvalue weighted by molar-refractivity contribution is 7.59. The van der Waals surface area contributed by atoms with Gasteiger partial charge < -0.3 is 5.73 Å². The van der Waals surface area contributed by atoms with Gasteiger partial charge in [0, 0.05) is 10.9 Å². The second-order valence-electron chi connectivity index (χ2n) is 8.38. The Morgan fingerprint density at radius 2 is 1.90 bits per heavy atom. The standard InChI is InChI=1S/C24H24FN5.H2S/c1-24(11-4-12-24)23(26)20-7-3-6-19(29-20)16-9-10-17-15-27-30(21(17)13-16)22-8-2-5-18(14-25)28-22;/h2-3,5-10,13,15,23H,4,11-12,14,26H2,1H3;1H2/t23-;/m1./s1. The zero-order valence-corrected chi connectivity index (χ0v) is 18.4. The van der Waals surface area contributed by atoms with Crippen molar-refractivity contribution in [2.75, 3.05) is 0 Å². The fraction of sp³-hybridized carbons (Fsp3) is 0.292. The van der Waals surface area contributed by atoms with Gasteiger partial charge in [-0.1, -0.05) is 37.6 Å². The van der Waals surface area contributed by atoms with Crippen LogP contribution >= 0.6 is 13.5 Å². The van der Waals surface area contributed by atoms with Gasteiger partial charge in [0.2, 0.25) is 0 Å². The van der Waals surface area contributed by atoms with Gasteiger partial charge in [0.05, 0.1) is 34.8 Å². The number of aromatic nitrogens is 4. The minimum atomic E-state index is -0.603. The van der Waals surface area contributed by atoms with Crippen LogP contribution < -0.4 is 5.73 Å². The van der Waals surface area contributed by atoms with Crippen molar-refractivity contribution in [3.05, 3.63) is 72.2 Å². The maximum atomic E-state index is 13.1. The Morgan fingerprint density at radius 3 is 2.65 bits per heavy atom. The van der Waals surface area contributed by atoms with E-state index in [1.54, 1.807) is 23.0 Å². The Labute approximate surface area is 188 Å². The van der Waals surface area contributed by atoms with E-state index in [1.165, 1.54) is 6.42 Å². The molecule has 0 spiro atoms. The minimum Gasteiger partial charge on any atom is -0.322 e. The average Bonchev–Trinajstić information content (AvgIpc) is 3.20. The summed E-state index contributed by atoms with van der Waals surface area (Å²) in [5.74, 6) is 0.596. The van der Waals surface area contributed by atoms with E-state index in [-0.39, 0.29) is 25.0 Å². The second kappa shape index (κ2) is 8.40. The van der Waals surface area contributed by atoms with Crippen molar-refractivity contribution in [3.8, 4) is 17.1 Å². The number of pyridine rings is 2. The summed E-state index contributed by atoms with van der Waals surface area (Å²) in [6.07, 6.45) is 5.33. The van der Waals surface area contributed by atoms with E-state index in [1.807, 2.05) is 36.4 Å². The third-order valence-electron chi connectivity index (χ3n) is 6.35. The molecule has 0 unspecified atom stereocenters. The zero-order valence-electron chi connectivity index (χ0n) is 17.4. The zero-order chi connectivity index (χ0) is 20.7. The number of fused-ring (bicyclic) bond motifs is 1. The summed E-state index contributed by atoms with van der Waals surface area (Å²) in [5.41, 5.74) is 10.8. The molecule has 0 aliphatic heterocycles. The van der Waals surface area contributed by atoms with Crippen molar-refractivity contribution in [1.29, 1.82) is 0 Å². The number of hydrogen-bond donors (Lipinski definition) is 1. The summed E-state index contributed by atoms with van der Waals surface area (Å²) < 4.78 is 14.8. The number of halogens is 1. The summed E-state index contributed by atoms with van der Waals surface area (Å²) >= 11 is 0. The summed E-state index contributed by atoms with van der Waals surface area (Å²) in [4.78, 5) is 9.25. The van der Waals surface area contributed by atoms with Gasteiger partial charge in [0.25, 0.3) is 0 Å². The van der Waals surface area contributed by atoms with Crippen LogP contribution in [0.3, 0.4) is 0 Å². The van der Waals surface area contributed by atoms with Gasteiger partial charge >= 0.3 is 0 Å². The molecule has 1 saturated carbocycles. The van der Waals surface area contributed by atoms with E-state index in [4.69, 9.17) is 10.7 Å². The molecular weight excluding hydrogens is 409 g/mol. The van der Waals surface area contributed by atoms with Crippen molar-refractivity contribution in [1.82, 2.24) is 19.7 Å². The molecule has 7 heteroatoms. The van der Waals surface area contributed by atoms with Gasteiger partial charge in [-0.25, -0.2) is 14.1 Å². The molecule has 5 rings (SSSR count). The topological polar surface area (TPSA) is 69.6 Å². The largest absolute Gasteiger partial charge is 0.322 e. The Kier molecular flexibility index (Phi) is 5.81. The third-order valence-corrected chi connectivity index (χ3v) is 6.35. The Bertz CT molecular complexity index is 1220. The van der Waals surface area contributed by atoms with Crippen LogP contribution in [0.5, 0.6) is 0 Å². The van der Waals surface area contributed by atoms with Gasteiger partial charge in [-0.2, -0.15) is 18.6 Å². The van der Waals surface area contributed by atoms with Crippen LogP contribution in [0, 0.1) is 5.41 Å². The first-order valence-electron chi connectivity index (χ1n) is 10.3. The number of nitrogens with zero attached hydrogens (tertiary/aromatic N) is 4. The normalized spacial score (nSPS) is 15.8. The molecule has 3 aromatic heterocycles. The highest BCUT2D eigenvalue weighted by atomic mass is 32.1. The lowest BCUT2D eigenvalue weighted by atomic mass is 9.65. The molecular formula is C24H26FN5S. The van der Waals surface area contributed by atoms with Crippen molar-refractivity contribution in [3.63, 3.8) is 0 Å². The molecule has 31 heavy (non-hydrogen) atoms. The molecule has 1 fully saturated rings. The number of alkyl halides is 1. The van der Waals surface area contributed by atoms with Crippen molar-refractivity contribution in [2.45, 2.75) is 38.9 Å². The Hall–Kier alpha value is -2.77. The lowest BCUT2D eigenvalue weighted by molar-refractivity contribution is 0.117. The van der Waals surface area contributed by atoms with Gasteiger partial charge in [-0.05, 0) is 48.6 Å². The first-order valence-corrected chi connectivity index (χ1v) is 10.3. The van der Waals surface area contributed by atoms with Crippen molar-refractivity contribution in [2.24, 2.45) is 11.1 Å². The predicted molar refractivity (Wildman–Crippen MR) is 126 cm³/mol. The average molecular weight is 436 g/mol. The number of rotatable bonds is 5. The molecule has 1 aliphatic rings. The summed E-state index contributed by atoms with van der Waals surface area (Å²) in [6.45, 7) is 1.65. The first-order chi connectivity index (χ1) is 14.6.